The van der Waals surface area contributed by atoms with E-state index in [2.05, 4.69) is 10.2 Å². The molecule has 0 bridgehead atoms. The van der Waals surface area contributed by atoms with Gasteiger partial charge >= 0.3 is 6.03 Å². The zero-order valence-electron chi connectivity index (χ0n) is 14.9. The number of halogens is 1. The summed E-state index contributed by atoms with van der Waals surface area (Å²) in [6.07, 6.45) is 0. The summed E-state index contributed by atoms with van der Waals surface area (Å²) in [5.74, 6) is 0.0197. The summed E-state index contributed by atoms with van der Waals surface area (Å²) in [4.78, 5) is 30.3. The maximum absolute atomic E-state index is 12.8. The molecule has 0 saturated carbocycles. The number of hydrogen-bond acceptors (Lipinski definition) is 3. The molecule has 2 aromatic carbocycles. The zero-order valence-corrected chi connectivity index (χ0v) is 15.7. The zero-order chi connectivity index (χ0) is 18.8. The predicted octanol–water partition coefficient (Wildman–Crippen LogP) is 2.83. The number of rotatable bonds is 3. The van der Waals surface area contributed by atoms with Crippen molar-refractivity contribution in [1.29, 1.82) is 0 Å². The van der Waals surface area contributed by atoms with Crippen molar-refractivity contribution in [2.45, 2.75) is 0 Å². The maximum atomic E-state index is 12.8. The van der Waals surface area contributed by atoms with Crippen LogP contribution in [0.1, 0.15) is 10.4 Å². The van der Waals surface area contributed by atoms with Gasteiger partial charge in [0, 0.05) is 50.5 Å². The van der Waals surface area contributed by atoms with Crippen molar-refractivity contribution in [2.75, 3.05) is 49.1 Å². The molecule has 0 unspecified atom stereocenters. The van der Waals surface area contributed by atoms with Crippen LogP contribution in [-0.4, -0.2) is 56.1 Å². The van der Waals surface area contributed by atoms with Crippen LogP contribution < -0.4 is 15.1 Å². The standard InChI is InChI=1S/C20H21ClN4O2/c21-17-3-1-2-4-18(17)23-11-13-24(14-12-23)19(26)15-5-7-16(8-6-15)25-10-9-22-20(25)27/h1-8H,9-14H2,(H,22,27). The minimum atomic E-state index is -0.0928. The Hall–Kier alpha value is -2.73. The Kier molecular flexibility index (Phi) is 4.90. The second-order valence-electron chi connectivity index (χ2n) is 6.66. The van der Waals surface area contributed by atoms with Gasteiger partial charge < -0.3 is 15.1 Å². The summed E-state index contributed by atoms with van der Waals surface area (Å²) in [5, 5.41) is 3.51. The van der Waals surface area contributed by atoms with Gasteiger partial charge in [-0.3, -0.25) is 9.69 Å². The van der Waals surface area contributed by atoms with E-state index in [4.69, 9.17) is 11.6 Å². The average Bonchev–Trinajstić information content (AvgIpc) is 3.14. The Morgan fingerprint density at radius 3 is 2.26 bits per heavy atom. The second kappa shape index (κ2) is 7.48. The normalized spacial score (nSPS) is 17.2. The first-order valence-electron chi connectivity index (χ1n) is 9.08. The van der Waals surface area contributed by atoms with Crippen LogP contribution in [-0.2, 0) is 0 Å². The Bertz CT molecular complexity index is 847. The Balaban J connectivity index is 1.39. The Labute approximate surface area is 163 Å². The molecule has 2 saturated heterocycles. The van der Waals surface area contributed by atoms with Crippen molar-refractivity contribution in [2.24, 2.45) is 0 Å². The molecule has 2 aromatic rings. The monoisotopic (exact) mass is 384 g/mol. The van der Waals surface area contributed by atoms with Crippen LogP contribution >= 0.6 is 11.6 Å². The molecule has 2 heterocycles. The van der Waals surface area contributed by atoms with Crippen molar-refractivity contribution in [3.63, 3.8) is 0 Å². The van der Waals surface area contributed by atoms with Gasteiger partial charge in [0.25, 0.3) is 5.91 Å². The van der Waals surface area contributed by atoms with Gasteiger partial charge in [0.1, 0.15) is 0 Å². The summed E-state index contributed by atoms with van der Waals surface area (Å²) < 4.78 is 0. The van der Waals surface area contributed by atoms with Gasteiger partial charge in [0.05, 0.1) is 10.7 Å². The van der Waals surface area contributed by atoms with Crippen molar-refractivity contribution in [3.05, 3.63) is 59.1 Å². The van der Waals surface area contributed by atoms with E-state index in [0.717, 1.165) is 29.5 Å². The molecular formula is C20H21ClN4O2. The molecule has 3 amide bonds. The SMILES string of the molecule is O=C(c1ccc(N2CCNC2=O)cc1)N1CCN(c2ccccc2Cl)CC1. The minimum Gasteiger partial charge on any atom is -0.367 e. The first kappa shape index (κ1) is 17.7. The molecule has 2 fully saturated rings. The fourth-order valence-corrected chi connectivity index (χ4v) is 3.80. The Morgan fingerprint density at radius 1 is 0.926 bits per heavy atom. The molecule has 140 valence electrons. The van der Waals surface area contributed by atoms with Crippen molar-refractivity contribution < 1.29 is 9.59 Å². The molecule has 2 aliphatic rings. The topological polar surface area (TPSA) is 55.9 Å². The summed E-state index contributed by atoms with van der Waals surface area (Å²) in [7, 11) is 0. The third-order valence-corrected chi connectivity index (χ3v) is 5.36. The lowest BCUT2D eigenvalue weighted by Crippen LogP contribution is -2.48. The lowest BCUT2D eigenvalue weighted by Gasteiger charge is -2.36. The molecule has 7 heteroatoms. The van der Waals surface area contributed by atoms with E-state index in [1.54, 1.807) is 17.0 Å². The molecule has 1 N–H and O–H groups in total. The molecule has 4 rings (SSSR count). The third-order valence-electron chi connectivity index (χ3n) is 5.04. The molecule has 6 nitrogen and oxygen atoms in total. The first-order chi connectivity index (χ1) is 13.1. The number of nitrogens with zero attached hydrogens (tertiary/aromatic N) is 3. The van der Waals surface area contributed by atoms with Crippen LogP contribution in [0.3, 0.4) is 0 Å². The third kappa shape index (κ3) is 3.57. The van der Waals surface area contributed by atoms with Crippen LogP contribution in [0.25, 0.3) is 0 Å². The van der Waals surface area contributed by atoms with Gasteiger partial charge in [-0.05, 0) is 36.4 Å². The fraction of sp³-hybridized carbons (Fsp3) is 0.300. The number of hydrogen-bond donors (Lipinski definition) is 1. The van der Waals surface area contributed by atoms with E-state index in [1.165, 1.54) is 0 Å². The number of amides is 3. The highest BCUT2D eigenvalue weighted by atomic mass is 35.5. The number of para-hydroxylation sites is 1. The fourth-order valence-electron chi connectivity index (χ4n) is 3.54. The van der Waals surface area contributed by atoms with E-state index in [9.17, 15) is 9.59 Å². The summed E-state index contributed by atoms with van der Waals surface area (Å²) >= 11 is 6.28. The quantitative estimate of drug-likeness (QED) is 0.885. The highest BCUT2D eigenvalue weighted by Crippen LogP contribution is 2.26. The van der Waals surface area contributed by atoms with Crippen molar-refractivity contribution in [3.8, 4) is 0 Å². The van der Waals surface area contributed by atoms with E-state index < -0.39 is 0 Å². The van der Waals surface area contributed by atoms with E-state index in [1.807, 2.05) is 41.3 Å². The first-order valence-corrected chi connectivity index (χ1v) is 9.45. The molecule has 0 atom stereocenters. The van der Waals surface area contributed by atoms with Crippen LogP contribution in [0.2, 0.25) is 5.02 Å². The minimum absolute atomic E-state index is 0.0197. The number of urea groups is 1. The Morgan fingerprint density at radius 2 is 1.63 bits per heavy atom. The molecule has 0 aromatic heterocycles. The number of anilines is 2. The summed E-state index contributed by atoms with van der Waals surface area (Å²) in [6, 6.07) is 14.9. The van der Waals surface area contributed by atoms with Crippen molar-refractivity contribution in [1.82, 2.24) is 10.2 Å². The van der Waals surface area contributed by atoms with E-state index in [0.29, 0.717) is 31.7 Å². The van der Waals surface area contributed by atoms with Crippen molar-refractivity contribution >= 4 is 34.9 Å². The van der Waals surface area contributed by atoms with Crippen LogP contribution in [0.4, 0.5) is 16.2 Å². The summed E-state index contributed by atoms with van der Waals surface area (Å²) in [6.45, 7) is 4.11. The molecule has 27 heavy (non-hydrogen) atoms. The van der Waals surface area contributed by atoms with E-state index in [-0.39, 0.29) is 11.9 Å². The summed E-state index contributed by atoms with van der Waals surface area (Å²) in [5.41, 5.74) is 2.47. The smallest absolute Gasteiger partial charge is 0.321 e. The van der Waals surface area contributed by atoms with Gasteiger partial charge in [-0.25, -0.2) is 4.79 Å². The van der Waals surface area contributed by atoms with Gasteiger partial charge in [0.15, 0.2) is 0 Å². The largest absolute Gasteiger partial charge is 0.367 e. The van der Waals surface area contributed by atoms with Crippen LogP contribution in [0.15, 0.2) is 48.5 Å². The van der Waals surface area contributed by atoms with E-state index >= 15 is 0 Å². The van der Waals surface area contributed by atoms with Gasteiger partial charge in [-0.2, -0.15) is 0 Å². The number of piperazine rings is 1. The maximum Gasteiger partial charge on any atom is 0.321 e. The number of nitrogens with one attached hydrogen (secondary N) is 1. The lowest BCUT2D eigenvalue weighted by molar-refractivity contribution is 0.0747. The van der Waals surface area contributed by atoms with Gasteiger partial charge in [-0.1, -0.05) is 23.7 Å². The number of benzene rings is 2. The average molecular weight is 385 g/mol. The lowest BCUT2D eigenvalue weighted by atomic mass is 10.1. The highest BCUT2D eigenvalue weighted by Gasteiger charge is 2.24. The van der Waals surface area contributed by atoms with Crippen LogP contribution in [0.5, 0.6) is 0 Å². The molecule has 0 aliphatic carbocycles. The molecule has 2 aliphatic heterocycles. The predicted molar refractivity (Wildman–Crippen MR) is 107 cm³/mol. The number of carbonyl (C=O) groups excluding carboxylic acids is 2. The molecule has 0 radical (unpaired) electrons. The second-order valence-corrected chi connectivity index (χ2v) is 7.07. The highest BCUT2D eigenvalue weighted by molar-refractivity contribution is 6.33. The molecule has 0 spiro atoms. The van der Waals surface area contributed by atoms with Gasteiger partial charge in [-0.15, -0.1) is 0 Å². The number of carbonyl (C=O) groups is 2. The molecular weight excluding hydrogens is 364 g/mol. The van der Waals surface area contributed by atoms with Gasteiger partial charge in [0.2, 0.25) is 0 Å². The van der Waals surface area contributed by atoms with Crippen LogP contribution in [0, 0.1) is 0 Å².